The number of Topliss-reactive ketones (excluding diaryl/α,β-unsaturated/α-hetero) is 1. The SMILES string of the molecule is CC(C)[C@@H](C)N[C@@H]([C@@H](C(=O)c1ccccc1)[N+](=O)[O-])C(F)(F)F. The second-order valence-electron chi connectivity index (χ2n) is 5.68. The van der Waals surface area contributed by atoms with Crippen molar-refractivity contribution in [1.29, 1.82) is 0 Å². The molecule has 0 aliphatic rings. The first-order valence-electron chi connectivity index (χ1n) is 7.11. The highest BCUT2D eigenvalue weighted by molar-refractivity contribution is 5.99. The average Bonchev–Trinajstić information content (AvgIpc) is 2.45. The Kier molecular flexibility index (Phi) is 6.26. The predicted molar refractivity (Wildman–Crippen MR) is 78.8 cm³/mol. The van der Waals surface area contributed by atoms with Crippen LogP contribution in [0.3, 0.4) is 0 Å². The van der Waals surface area contributed by atoms with Gasteiger partial charge >= 0.3 is 6.18 Å². The third kappa shape index (κ3) is 5.02. The summed E-state index contributed by atoms with van der Waals surface area (Å²) in [4.78, 5) is 22.3. The largest absolute Gasteiger partial charge is 0.411 e. The van der Waals surface area contributed by atoms with Crippen molar-refractivity contribution in [3.8, 4) is 0 Å². The van der Waals surface area contributed by atoms with E-state index in [0.717, 1.165) is 0 Å². The van der Waals surface area contributed by atoms with Crippen molar-refractivity contribution < 1.29 is 22.9 Å². The van der Waals surface area contributed by atoms with Crippen LogP contribution in [0.5, 0.6) is 0 Å². The standard InChI is InChI=1S/C15H19F3N2O3/c1-9(2)10(3)19-14(15(16,17)18)12(20(22)23)13(21)11-7-5-4-6-8-11/h4-10,12,14,19H,1-3H3/t10-,12-,14+/m1/s1. The summed E-state index contributed by atoms with van der Waals surface area (Å²) >= 11 is 0. The minimum atomic E-state index is -4.93. The number of nitrogens with one attached hydrogen (secondary N) is 1. The highest BCUT2D eigenvalue weighted by Gasteiger charge is 2.54. The van der Waals surface area contributed by atoms with Crippen LogP contribution in [0.2, 0.25) is 0 Å². The molecule has 0 fully saturated rings. The van der Waals surface area contributed by atoms with Gasteiger partial charge in [0, 0.05) is 16.5 Å². The number of nitro groups is 1. The van der Waals surface area contributed by atoms with Gasteiger partial charge in [-0.1, -0.05) is 44.2 Å². The number of halogens is 3. The van der Waals surface area contributed by atoms with Gasteiger partial charge in [0.2, 0.25) is 5.78 Å². The molecule has 0 spiro atoms. The van der Waals surface area contributed by atoms with Gasteiger partial charge in [0.25, 0.3) is 6.04 Å². The Balaban J connectivity index is 3.21. The Labute approximate surface area is 132 Å². The average molecular weight is 332 g/mol. The molecule has 5 nitrogen and oxygen atoms in total. The van der Waals surface area contributed by atoms with Crippen molar-refractivity contribution in [3.63, 3.8) is 0 Å². The van der Waals surface area contributed by atoms with Crippen molar-refractivity contribution >= 4 is 5.78 Å². The van der Waals surface area contributed by atoms with E-state index in [2.05, 4.69) is 5.32 Å². The van der Waals surface area contributed by atoms with Crippen molar-refractivity contribution in [2.45, 2.75) is 45.1 Å². The summed E-state index contributed by atoms with van der Waals surface area (Å²) in [6, 6.07) is 1.34. The minimum Gasteiger partial charge on any atom is -0.297 e. The number of carbonyl (C=O) groups excluding carboxylic acids is 1. The highest BCUT2D eigenvalue weighted by atomic mass is 19.4. The minimum absolute atomic E-state index is 0.123. The van der Waals surface area contributed by atoms with Gasteiger partial charge in [-0.25, -0.2) is 0 Å². The van der Waals surface area contributed by atoms with Crippen LogP contribution in [0.1, 0.15) is 31.1 Å². The van der Waals surface area contributed by atoms with Crippen molar-refractivity contribution in [1.82, 2.24) is 5.32 Å². The van der Waals surface area contributed by atoms with Gasteiger partial charge < -0.3 is 0 Å². The molecule has 3 atom stereocenters. The Morgan fingerprint density at radius 2 is 1.70 bits per heavy atom. The lowest BCUT2D eigenvalue weighted by Gasteiger charge is -2.28. The van der Waals surface area contributed by atoms with Crippen LogP contribution in [0.15, 0.2) is 30.3 Å². The molecule has 0 aliphatic carbocycles. The van der Waals surface area contributed by atoms with Gasteiger partial charge in [-0.15, -0.1) is 0 Å². The summed E-state index contributed by atoms with van der Waals surface area (Å²) in [6.07, 6.45) is -4.93. The Morgan fingerprint density at radius 3 is 2.09 bits per heavy atom. The van der Waals surface area contributed by atoms with E-state index in [4.69, 9.17) is 0 Å². The second kappa shape index (κ2) is 7.54. The number of rotatable bonds is 7. The van der Waals surface area contributed by atoms with Crippen LogP contribution in [-0.4, -0.2) is 35.0 Å². The molecule has 1 N–H and O–H groups in total. The number of alkyl halides is 3. The first-order chi connectivity index (χ1) is 10.6. The molecule has 0 saturated carbocycles. The number of benzene rings is 1. The van der Waals surface area contributed by atoms with Gasteiger partial charge in [-0.05, 0) is 12.8 Å². The van der Waals surface area contributed by atoms with Crippen LogP contribution < -0.4 is 5.32 Å². The number of carbonyl (C=O) groups is 1. The first-order valence-corrected chi connectivity index (χ1v) is 7.11. The molecule has 1 aromatic rings. The second-order valence-corrected chi connectivity index (χ2v) is 5.68. The highest BCUT2D eigenvalue weighted by Crippen LogP contribution is 2.27. The van der Waals surface area contributed by atoms with Crippen molar-refractivity contribution in [3.05, 3.63) is 46.0 Å². The molecule has 0 radical (unpaired) electrons. The molecule has 23 heavy (non-hydrogen) atoms. The topological polar surface area (TPSA) is 72.2 Å². The fourth-order valence-corrected chi connectivity index (χ4v) is 1.98. The summed E-state index contributed by atoms with van der Waals surface area (Å²) < 4.78 is 39.9. The van der Waals surface area contributed by atoms with Crippen LogP contribution in [0.4, 0.5) is 13.2 Å². The Morgan fingerprint density at radius 1 is 1.17 bits per heavy atom. The van der Waals surface area contributed by atoms with Gasteiger partial charge in [-0.2, -0.15) is 13.2 Å². The number of ketones is 1. The molecular weight excluding hydrogens is 313 g/mol. The quantitative estimate of drug-likeness (QED) is 0.473. The lowest BCUT2D eigenvalue weighted by atomic mass is 9.96. The van der Waals surface area contributed by atoms with E-state index >= 15 is 0 Å². The van der Waals surface area contributed by atoms with Gasteiger partial charge in [0.15, 0.2) is 6.04 Å². The molecular formula is C15H19F3N2O3. The molecule has 128 valence electrons. The third-order valence-corrected chi connectivity index (χ3v) is 3.66. The van der Waals surface area contributed by atoms with Crippen molar-refractivity contribution in [2.24, 2.45) is 5.92 Å². The number of hydrogen-bond acceptors (Lipinski definition) is 4. The van der Waals surface area contributed by atoms with Crippen molar-refractivity contribution in [2.75, 3.05) is 0 Å². The fraction of sp³-hybridized carbons (Fsp3) is 0.533. The summed E-state index contributed by atoms with van der Waals surface area (Å²) in [5.74, 6) is -1.35. The molecule has 0 amide bonds. The van der Waals surface area contributed by atoms with Crippen LogP contribution in [-0.2, 0) is 0 Å². The van der Waals surface area contributed by atoms with E-state index in [1.54, 1.807) is 19.9 Å². The zero-order valence-electron chi connectivity index (χ0n) is 13.0. The van der Waals surface area contributed by atoms with E-state index in [1.807, 2.05) is 0 Å². The van der Waals surface area contributed by atoms with Crippen LogP contribution in [0.25, 0.3) is 0 Å². The molecule has 0 heterocycles. The molecule has 1 aromatic carbocycles. The monoisotopic (exact) mass is 332 g/mol. The zero-order valence-corrected chi connectivity index (χ0v) is 13.0. The molecule has 8 heteroatoms. The van der Waals surface area contributed by atoms with Gasteiger partial charge in [-0.3, -0.25) is 20.2 Å². The Bertz CT molecular complexity index is 547. The zero-order chi connectivity index (χ0) is 17.8. The summed E-state index contributed by atoms with van der Waals surface area (Å²) in [6.45, 7) is 4.87. The first kappa shape index (κ1) is 19.1. The smallest absolute Gasteiger partial charge is 0.297 e. The molecule has 0 saturated heterocycles. The fourth-order valence-electron chi connectivity index (χ4n) is 1.98. The van der Waals surface area contributed by atoms with E-state index in [-0.39, 0.29) is 11.5 Å². The lowest BCUT2D eigenvalue weighted by Crippen LogP contribution is -2.59. The number of hydrogen-bond donors (Lipinski definition) is 1. The van der Waals surface area contributed by atoms with Crippen LogP contribution >= 0.6 is 0 Å². The van der Waals surface area contributed by atoms with E-state index in [1.165, 1.54) is 31.2 Å². The summed E-state index contributed by atoms with van der Waals surface area (Å²) in [7, 11) is 0. The molecule has 0 aromatic heterocycles. The molecule has 0 unspecified atom stereocenters. The summed E-state index contributed by atoms with van der Waals surface area (Å²) in [5.41, 5.74) is -0.123. The van der Waals surface area contributed by atoms with E-state index in [0.29, 0.717) is 0 Å². The molecule has 0 bridgehead atoms. The van der Waals surface area contributed by atoms with E-state index in [9.17, 15) is 28.1 Å². The normalized spacial score (nSPS) is 16.0. The maximum Gasteiger partial charge on any atom is 0.411 e. The maximum absolute atomic E-state index is 13.3. The van der Waals surface area contributed by atoms with Gasteiger partial charge in [0.1, 0.15) is 0 Å². The van der Waals surface area contributed by atoms with Crippen LogP contribution in [0, 0.1) is 16.0 Å². The summed E-state index contributed by atoms with van der Waals surface area (Å²) in [5, 5.41) is 13.4. The molecule has 1 rings (SSSR count). The Hall–Kier alpha value is -1.96. The third-order valence-electron chi connectivity index (χ3n) is 3.66. The lowest BCUT2D eigenvalue weighted by molar-refractivity contribution is -0.517. The number of nitrogens with zero attached hydrogens (tertiary/aromatic N) is 1. The van der Waals surface area contributed by atoms with E-state index < -0.39 is 35.0 Å². The maximum atomic E-state index is 13.3. The predicted octanol–water partition coefficient (Wildman–Crippen LogP) is 3.08. The molecule has 0 aliphatic heterocycles. The van der Waals surface area contributed by atoms with Gasteiger partial charge in [0.05, 0.1) is 0 Å².